The zero-order chi connectivity index (χ0) is 29.1. The Bertz CT molecular complexity index is 1590. The number of carboxylic acids is 1. The van der Waals surface area contributed by atoms with Crippen LogP contribution in [-0.4, -0.2) is 24.3 Å². The molecule has 5 rings (SSSR count). The number of benzene rings is 4. The molecular formula is C32H27F2NO5S. The SMILES string of the molecule is COc1cc(-c2ccc(F)cc2SNC(=O)O[C@H](C)c2ccc(F)cc2)ccc1-c1ccc(C2(C(=O)O)CC2)cc1. The molecule has 0 unspecified atom stereocenters. The Kier molecular flexibility index (Phi) is 7.99. The molecule has 1 amide bonds. The number of hydrogen-bond donors (Lipinski definition) is 2. The maximum atomic E-state index is 14.2. The summed E-state index contributed by atoms with van der Waals surface area (Å²) in [7, 11) is 1.56. The quantitative estimate of drug-likeness (QED) is 0.197. The van der Waals surface area contributed by atoms with E-state index in [1.54, 1.807) is 20.1 Å². The standard InChI is InChI=1S/C32H27F2NO5S/c1-19(20-5-10-24(33)11-6-20)40-31(38)35-41-29-18-25(34)12-14-27(29)22-7-13-26(28(17-22)39-2)21-3-8-23(9-4-21)32(15-16-32)30(36)37/h3-14,17-19H,15-16H2,1-2H3,(H,35,38)(H,36,37)/t19-/m1/s1. The van der Waals surface area contributed by atoms with Gasteiger partial charge in [0, 0.05) is 10.5 Å². The minimum atomic E-state index is -0.801. The lowest BCUT2D eigenvalue weighted by Gasteiger charge is -2.16. The maximum absolute atomic E-state index is 14.2. The van der Waals surface area contributed by atoms with E-state index in [0.29, 0.717) is 34.6 Å². The number of nitrogens with one attached hydrogen (secondary N) is 1. The van der Waals surface area contributed by atoms with Crippen LogP contribution in [0.1, 0.15) is 37.0 Å². The van der Waals surface area contributed by atoms with Crippen LogP contribution in [0.25, 0.3) is 22.3 Å². The number of amides is 1. The molecule has 6 nitrogen and oxygen atoms in total. The van der Waals surface area contributed by atoms with E-state index in [1.165, 1.54) is 36.4 Å². The van der Waals surface area contributed by atoms with E-state index in [2.05, 4.69) is 4.72 Å². The Balaban J connectivity index is 1.33. The summed E-state index contributed by atoms with van der Waals surface area (Å²) < 4.78 is 41.0. The van der Waals surface area contributed by atoms with Crippen molar-refractivity contribution in [2.24, 2.45) is 0 Å². The Morgan fingerprint density at radius 1 is 0.878 bits per heavy atom. The molecule has 0 heterocycles. The molecule has 1 saturated carbocycles. The molecule has 0 spiro atoms. The Hall–Kier alpha value is -4.37. The summed E-state index contributed by atoms with van der Waals surface area (Å²) in [6, 6.07) is 23.0. The molecule has 4 aromatic rings. The molecule has 0 bridgehead atoms. The third-order valence-electron chi connectivity index (χ3n) is 7.23. The molecule has 1 aliphatic rings. The van der Waals surface area contributed by atoms with E-state index in [-0.39, 0.29) is 5.82 Å². The van der Waals surface area contributed by atoms with Gasteiger partial charge in [-0.05, 0) is 89.9 Å². The first-order chi connectivity index (χ1) is 19.7. The Morgan fingerprint density at radius 3 is 2.15 bits per heavy atom. The summed E-state index contributed by atoms with van der Waals surface area (Å²) >= 11 is 0.917. The van der Waals surface area contributed by atoms with Gasteiger partial charge in [0.05, 0.1) is 12.5 Å². The molecule has 0 aliphatic heterocycles. The lowest BCUT2D eigenvalue weighted by Crippen LogP contribution is -2.19. The van der Waals surface area contributed by atoms with Gasteiger partial charge in [0.15, 0.2) is 0 Å². The van der Waals surface area contributed by atoms with Gasteiger partial charge >= 0.3 is 12.1 Å². The molecule has 0 aromatic heterocycles. The molecule has 0 saturated heterocycles. The first-order valence-electron chi connectivity index (χ1n) is 12.9. The van der Waals surface area contributed by atoms with Crippen molar-refractivity contribution >= 4 is 24.0 Å². The van der Waals surface area contributed by atoms with Gasteiger partial charge < -0.3 is 14.6 Å². The highest BCUT2D eigenvalue weighted by Crippen LogP contribution is 2.49. The van der Waals surface area contributed by atoms with Crippen molar-refractivity contribution < 1.29 is 33.0 Å². The molecule has 1 atom stereocenters. The lowest BCUT2D eigenvalue weighted by molar-refractivity contribution is -0.140. The van der Waals surface area contributed by atoms with Gasteiger partial charge in [-0.25, -0.2) is 13.6 Å². The monoisotopic (exact) mass is 575 g/mol. The van der Waals surface area contributed by atoms with Crippen LogP contribution in [0.4, 0.5) is 13.6 Å². The predicted molar refractivity (Wildman–Crippen MR) is 153 cm³/mol. The highest BCUT2D eigenvalue weighted by atomic mass is 32.2. The Labute approximate surface area is 240 Å². The fourth-order valence-corrected chi connectivity index (χ4v) is 5.43. The maximum Gasteiger partial charge on any atom is 0.418 e. The average molecular weight is 576 g/mol. The van der Waals surface area contributed by atoms with E-state index in [1.807, 2.05) is 42.5 Å². The van der Waals surface area contributed by atoms with Crippen LogP contribution in [0.5, 0.6) is 5.75 Å². The van der Waals surface area contributed by atoms with Gasteiger partial charge in [0.25, 0.3) is 0 Å². The number of aliphatic carboxylic acids is 1. The number of methoxy groups -OCH3 is 1. The number of carbonyl (C=O) groups excluding carboxylic acids is 1. The van der Waals surface area contributed by atoms with Crippen LogP contribution < -0.4 is 9.46 Å². The second-order valence-electron chi connectivity index (χ2n) is 9.82. The normalized spacial score (nSPS) is 14.1. The van der Waals surface area contributed by atoms with Crippen LogP contribution in [0.15, 0.2) is 89.8 Å². The summed E-state index contributed by atoms with van der Waals surface area (Å²) in [5.41, 5.74) is 3.73. The van der Waals surface area contributed by atoms with Crippen molar-refractivity contribution in [3.8, 4) is 28.0 Å². The molecule has 1 fully saturated rings. The average Bonchev–Trinajstić information content (AvgIpc) is 3.79. The Morgan fingerprint density at radius 2 is 1.51 bits per heavy atom. The van der Waals surface area contributed by atoms with Crippen molar-refractivity contribution in [2.75, 3.05) is 7.11 Å². The number of halogens is 2. The first-order valence-corrected chi connectivity index (χ1v) is 13.7. The fourth-order valence-electron chi connectivity index (χ4n) is 4.72. The van der Waals surface area contributed by atoms with Crippen LogP contribution in [-0.2, 0) is 14.9 Å². The highest BCUT2D eigenvalue weighted by molar-refractivity contribution is 7.98. The summed E-state index contributed by atoms with van der Waals surface area (Å²) in [5.74, 6) is -1.07. The minimum Gasteiger partial charge on any atom is -0.496 e. The number of hydrogen-bond acceptors (Lipinski definition) is 5. The van der Waals surface area contributed by atoms with Gasteiger partial charge in [-0.2, -0.15) is 0 Å². The van der Waals surface area contributed by atoms with E-state index in [0.717, 1.165) is 34.2 Å². The molecule has 9 heteroatoms. The van der Waals surface area contributed by atoms with Crippen molar-refractivity contribution in [3.05, 3.63) is 108 Å². The number of carbonyl (C=O) groups is 2. The summed E-state index contributed by atoms with van der Waals surface area (Å²) in [6.07, 6.45) is -0.0722. The molecule has 1 aliphatic carbocycles. The van der Waals surface area contributed by atoms with Crippen LogP contribution in [0, 0.1) is 11.6 Å². The van der Waals surface area contributed by atoms with Crippen molar-refractivity contribution in [3.63, 3.8) is 0 Å². The van der Waals surface area contributed by atoms with Crippen molar-refractivity contribution in [1.29, 1.82) is 0 Å². The van der Waals surface area contributed by atoms with E-state index in [4.69, 9.17) is 9.47 Å². The summed E-state index contributed by atoms with van der Waals surface area (Å²) in [6.45, 7) is 1.67. The predicted octanol–water partition coefficient (Wildman–Crippen LogP) is 7.92. The molecule has 210 valence electrons. The molecule has 2 N–H and O–H groups in total. The van der Waals surface area contributed by atoms with Gasteiger partial charge in [0.1, 0.15) is 23.5 Å². The molecule has 0 radical (unpaired) electrons. The second-order valence-corrected chi connectivity index (χ2v) is 10.7. The molecule has 4 aromatic carbocycles. The van der Waals surface area contributed by atoms with Gasteiger partial charge in [-0.3, -0.25) is 9.52 Å². The first kappa shape index (κ1) is 28.2. The van der Waals surface area contributed by atoms with Crippen LogP contribution in [0.2, 0.25) is 0 Å². The molecular weight excluding hydrogens is 548 g/mol. The van der Waals surface area contributed by atoms with E-state index >= 15 is 0 Å². The summed E-state index contributed by atoms with van der Waals surface area (Å²) in [4.78, 5) is 24.6. The third kappa shape index (κ3) is 6.05. The zero-order valence-corrected chi connectivity index (χ0v) is 23.1. The second kappa shape index (κ2) is 11.6. The van der Waals surface area contributed by atoms with E-state index in [9.17, 15) is 23.5 Å². The van der Waals surface area contributed by atoms with Crippen molar-refractivity contribution in [1.82, 2.24) is 4.72 Å². The minimum absolute atomic E-state index is 0.385. The number of carboxylic acid groups (broad SMARTS) is 1. The largest absolute Gasteiger partial charge is 0.496 e. The fraction of sp³-hybridized carbons (Fsp3) is 0.188. The van der Waals surface area contributed by atoms with Gasteiger partial charge in [0.2, 0.25) is 0 Å². The molecule has 41 heavy (non-hydrogen) atoms. The van der Waals surface area contributed by atoms with Gasteiger partial charge in [-0.1, -0.05) is 54.6 Å². The van der Waals surface area contributed by atoms with Crippen LogP contribution >= 0.6 is 11.9 Å². The zero-order valence-electron chi connectivity index (χ0n) is 22.3. The topological polar surface area (TPSA) is 84.9 Å². The van der Waals surface area contributed by atoms with E-state index < -0.39 is 29.4 Å². The van der Waals surface area contributed by atoms with Crippen LogP contribution in [0.3, 0.4) is 0 Å². The number of ether oxygens (including phenoxy) is 2. The number of rotatable bonds is 9. The summed E-state index contributed by atoms with van der Waals surface area (Å²) in [5, 5.41) is 9.58. The third-order valence-corrected chi connectivity index (χ3v) is 8.06. The van der Waals surface area contributed by atoms with Gasteiger partial charge in [-0.15, -0.1) is 0 Å². The smallest absolute Gasteiger partial charge is 0.418 e. The van der Waals surface area contributed by atoms with Crippen molar-refractivity contribution in [2.45, 2.75) is 36.2 Å². The lowest BCUT2D eigenvalue weighted by atomic mass is 9.93. The highest BCUT2D eigenvalue weighted by Gasteiger charge is 2.51.